The van der Waals surface area contributed by atoms with Gasteiger partial charge in [-0.05, 0) is 31.0 Å². The van der Waals surface area contributed by atoms with E-state index in [-0.39, 0.29) is 49.1 Å². The minimum Gasteiger partial charge on any atom is -0.491 e. The second kappa shape index (κ2) is 9.76. The number of rotatable bonds is 3. The molecule has 1 aliphatic rings. The molecule has 9 nitrogen and oxygen atoms in total. The molecule has 168 valence electrons. The lowest BCUT2D eigenvalue weighted by atomic mass is 10.0. The van der Waals surface area contributed by atoms with E-state index in [1.165, 1.54) is 22.4 Å². The van der Waals surface area contributed by atoms with Gasteiger partial charge in [-0.25, -0.2) is 8.42 Å². The average molecular weight is 442 g/mol. The Bertz CT molecular complexity index is 889. The molecule has 10 heteroatoms. The van der Waals surface area contributed by atoms with Crippen LogP contribution in [0.1, 0.15) is 31.1 Å². The Balaban J connectivity index is 2.50. The summed E-state index contributed by atoms with van der Waals surface area (Å²) >= 11 is 0. The number of carbonyl (C=O) groups excluding carboxylic acids is 2. The molecule has 0 radical (unpaired) electrons. The van der Waals surface area contributed by atoms with Gasteiger partial charge in [0.05, 0.1) is 24.0 Å². The smallest absolute Gasteiger partial charge is 0.257 e. The molecule has 1 aliphatic heterocycles. The van der Waals surface area contributed by atoms with Crippen LogP contribution in [0.3, 0.4) is 0 Å². The molecular weight excluding hydrogens is 410 g/mol. The zero-order chi connectivity index (χ0) is 22.6. The van der Waals surface area contributed by atoms with Crippen LogP contribution in [0.5, 0.6) is 5.75 Å². The lowest BCUT2D eigenvalue weighted by molar-refractivity contribution is -0.114. The molecule has 2 rings (SSSR count). The first-order valence-corrected chi connectivity index (χ1v) is 11.6. The Morgan fingerprint density at radius 1 is 1.27 bits per heavy atom. The van der Waals surface area contributed by atoms with Crippen LogP contribution in [0, 0.1) is 5.92 Å². The van der Waals surface area contributed by atoms with Crippen LogP contribution < -0.4 is 10.1 Å². The molecule has 3 atom stereocenters. The van der Waals surface area contributed by atoms with Crippen molar-refractivity contribution < 1.29 is 27.5 Å². The number of hydrogen-bond acceptors (Lipinski definition) is 6. The van der Waals surface area contributed by atoms with Gasteiger partial charge in [-0.15, -0.1) is 0 Å². The lowest BCUT2D eigenvalue weighted by Gasteiger charge is -2.34. The molecule has 0 fully saturated rings. The summed E-state index contributed by atoms with van der Waals surface area (Å²) in [5.74, 6) is -0.369. The molecule has 1 aromatic carbocycles. The van der Waals surface area contributed by atoms with Gasteiger partial charge in [0.2, 0.25) is 15.9 Å². The fourth-order valence-corrected chi connectivity index (χ4v) is 4.71. The Morgan fingerprint density at radius 2 is 1.93 bits per heavy atom. The molecule has 30 heavy (non-hydrogen) atoms. The number of nitrogens with one attached hydrogen (secondary N) is 1. The number of likely N-dealkylation sites (N-methyl/N-ethyl adjacent to an activating group) is 1. The van der Waals surface area contributed by atoms with E-state index in [9.17, 15) is 18.0 Å². The minimum atomic E-state index is -3.48. The van der Waals surface area contributed by atoms with Gasteiger partial charge < -0.3 is 19.7 Å². The molecule has 0 saturated heterocycles. The van der Waals surface area contributed by atoms with Crippen LogP contribution in [0.4, 0.5) is 5.69 Å². The largest absolute Gasteiger partial charge is 0.491 e. The van der Waals surface area contributed by atoms with Crippen molar-refractivity contribution in [3.63, 3.8) is 0 Å². The molecular formula is C20H31N3O6S. The van der Waals surface area contributed by atoms with E-state index < -0.39 is 16.1 Å². The first-order valence-electron chi connectivity index (χ1n) is 9.73. The highest BCUT2D eigenvalue weighted by Gasteiger charge is 2.31. The monoisotopic (exact) mass is 441 g/mol. The van der Waals surface area contributed by atoms with Crippen LogP contribution in [0.15, 0.2) is 18.2 Å². The highest BCUT2D eigenvalue weighted by atomic mass is 32.2. The molecule has 1 aromatic rings. The molecule has 0 bridgehead atoms. The summed E-state index contributed by atoms with van der Waals surface area (Å²) in [5, 5.41) is 2.66. The number of hydrogen-bond donors (Lipinski definition) is 1. The number of carbonyl (C=O) groups is 2. The molecule has 2 amide bonds. The van der Waals surface area contributed by atoms with E-state index in [4.69, 9.17) is 9.47 Å². The van der Waals surface area contributed by atoms with Gasteiger partial charge in [0, 0.05) is 39.9 Å². The molecule has 0 spiro atoms. The third-order valence-electron chi connectivity index (χ3n) is 5.13. The van der Waals surface area contributed by atoms with Crippen LogP contribution in [0.25, 0.3) is 0 Å². The van der Waals surface area contributed by atoms with Gasteiger partial charge in [0.25, 0.3) is 5.91 Å². The van der Waals surface area contributed by atoms with Gasteiger partial charge >= 0.3 is 0 Å². The van der Waals surface area contributed by atoms with Crippen LogP contribution in [0.2, 0.25) is 0 Å². The maximum Gasteiger partial charge on any atom is 0.257 e. The quantitative estimate of drug-likeness (QED) is 0.760. The van der Waals surface area contributed by atoms with E-state index in [0.29, 0.717) is 11.4 Å². The molecule has 1 heterocycles. The van der Waals surface area contributed by atoms with Gasteiger partial charge in [0.1, 0.15) is 12.4 Å². The summed E-state index contributed by atoms with van der Waals surface area (Å²) in [6, 6.07) is 4.35. The van der Waals surface area contributed by atoms with Crippen molar-refractivity contribution in [3.8, 4) is 5.75 Å². The van der Waals surface area contributed by atoms with Crippen molar-refractivity contribution in [2.24, 2.45) is 5.92 Å². The standard InChI is InChI=1S/C20H31N3O6S/c1-13-10-23(30(6,26)27)14(2)12-29-18-8-7-16(21-15(3)24)9-17(18)20(25)22(4)11-19(13)28-5/h7-9,13-14,19H,10-12H2,1-6H3,(H,21,24)/t13-,14+,19+/m0/s1. The fraction of sp³-hybridized carbons (Fsp3) is 0.600. The van der Waals surface area contributed by atoms with E-state index in [1.54, 1.807) is 39.3 Å². The lowest BCUT2D eigenvalue weighted by Crippen LogP contribution is -2.48. The van der Waals surface area contributed by atoms with E-state index in [1.807, 2.05) is 6.92 Å². The molecule has 1 N–H and O–H groups in total. The minimum absolute atomic E-state index is 0.0704. The normalized spacial score (nSPS) is 24.3. The number of methoxy groups -OCH3 is 1. The number of sulfonamides is 1. The Labute approximate surface area is 178 Å². The second-order valence-corrected chi connectivity index (χ2v) is 9.76. The number of nitrogens with zero attached hydrogens (tertiary/aromatic N) is 2. The van der Waals surface area contributed by atoms with Crippen molar-refractivity contribution in [1.29, 1.82) is 0 Å². The highest BCUT2D eigenvalue weighted by Crippen LogP contribution is 2.26. The summed E-state index contributed by atoms with van der Waals surface area (Å²) in [4.78, 5) is 26.1. The highest BCUT2D eigenvalue weighted by molar-refractivity contribution is 7.88. The van der Waals surface area contributed by atoms with E-state index in [0.717, 1.165) is 0 Å². The number of anilines is 1. The van der Waals surface area contributed by atoms with E-state index >= 15 is 0 Å². The van der Waals surface area contributed by atoms with Crippen LogP contribution >= 0.6 is 0 Å². The topological polar surface area (TPSA) is 105 Å². The molecule has 0 aromatic heterocycles. The third kappa shape index (κ3) is 5.93. The van der Waals surface area contributed by atoms with Gasteiger partial charge in [-0.3, -0.25) is 9.59 Å². The first-order chi connectivity index (χ1) is 13.9. The summed E-state index contributed by atoms with van der Waals surface area (Å²) in [6.45, 7) is 5.63. The van der Waals surface area contributed by atoms with E-state index in [2.05, 4.69) is 5.32 Å². The van der Waals surface area contributed by atoms with Crippen molar-refractivity contribution in [3.05, 3.63) is 23.8 Å². The van der Waals surface area contributed by atoms with Gasteiger partial charge in [-0.2, -0.15) is 4.31 Å². The van der Waals surface area contributed by atoms with Gasteiger partial charge in [-0.1, -0.05) is 6.92 Å². The van der Waals surface area contributed by atoms with Crippen molar-refractivity contribution >= 4 is 27.5 Å². The fourth-order valence-electron chi connectivity index (χ4n) is 3.49. The number of amides is 2. The van der Waals surface area contributed by atoms with Crippen molar-refractivity contribution in [1.82, 2.24) is 9.21 Å². The molecule has 0 saturated carbocycles. The predicted molar refractivity (Wildman–Crippen MR) is 114 cm³/mol. The number of benzene rings is 1. The number of ether oxygens (including phenoxy) is 2. The summed E-state index contributed by atoms with van der Waals surface area (Å²) < 4.78 is 37.6. The van der Waals surface area contributed by atoms with Crippen molar-refractivity contribution in [2.45, 2.75) is 32.9 Å². The zero-order valence-electron chi connectivity index (χ0n) is 18.3. The first kappa shape index (κ1) is 24.1. The summed E-state index contributed by atoms with van der Waals surface area (Å²) in [5.41, 5.74) is 0.756. The summed E-state index contributed by atoms with van der Waals surface area (Å²) in [6.07, 6.45) is 0.811. The Morgan fingerprint density at radius 3 is 2.50 bits per heavy atom. The zero-order valence-corrected chi connectivity index (χ0v) is 19.2. The average Bonchev–Trinajstić information content (AvgIpc) is 2.65. The Hall–Kier alpha value is -2.17. The van der Waals surface area contributed by atoms with Crippen LogP contribution in [-0.2, 0) is 19.6 Å². The number of fused-ring (bicyclic) bond motifs is 1. The predicted octanol–water partition coefficient (Wildman–Crippen LogP) is 1.41. The van der Waals surface area contributed by atoms with Crippen LogP contribution in [-0.4, -0.2) is 81.7 Å². The Kier molecular flexibility index (Phi) is 7.84. The van der Waals surface area contributed by atoms with Crippen molar-refractivity contribution in [2.75, 3.05) is 45.4 Å². The van der Waals surface area contributed by atoms with Gasteiger partial charge in [0.15, 0.2) is 0 Å². The maximum atomic E-state index is 13.1. The maximum absolute atomic E-state index is 13.1. The molecule has 0 aliphatic carbocycles. The summed E-state index contributed by atoms with van der Waals surface area (Å²) in [7, 11) is -0.282. The SMILES string of the molecule is CO[C@@H]1CN(C)C(=O)c2cc(NC(C)=O)ccc2OC[C@@H](C)N(S(C)(=O)=O)C[C@@H]1C. The second-order valence-electron chi connectivity index (χ2n) is 7.82. The molecule has 0 unspecified atom stereocenters. The third-order valence-corrected chi connectivity index (χ3v) is 6.49.